The second kappa shape index (κ2) is 13.4. The standard InChI is InChI=1S/C52H36N2/c1-3-13-37(14-4-1)40-25-30-44(31-26-40)53(45-32-27-41(28-33-45)38-15-5-2-6-16-38)46-20-11-19-43(36-46)48-22-12-24-51-52(48)49-21-9-10-23-50(49)54(51)47-34-29-39-17-7-8-18-42(39)35-47/h1-36H/i1D,2D,3D,4D,5D,6D,13D,14D,15D,16D. The average molecular weight is 699 g/mol. The van der Waals surface area contributed by atoms with E-state index < -0.39 is 36.3 Å². The van der Waals surface area contributed by atoms with Crippen molar-refractivity contribution in [2.75, 3.05) is 4.90 Å². The molecule has 0 aliphatic heterocycles. The molecule has 0 N–H and O–H groups in total. The third-order valence-corrected chi connectivity index (χ3v) is 9.93. The van der Waals surface area contributed by atoms with Crippen molar-refractivity contribution in [3.63, 3.8) is 0 Å². The Balaban J connectivity index is 1.13. The van der Waals surface area contributed by atoms with Crippen molar-refractivity contribution >= 4 is 49.6 Å². The summed E-state index contributed by atoms with van der Waals surface area (Å²) in [6.07, 6.45) is 0. The van der Waals surface area contributed by atoms with Crippen molar-refractivity contribution in [1.29, 1.82) is 0 Å². The number of anilines is 3. The molecule has 0 atom stereocenters. The minimum Gasteiger partial charge on any atom is -0.310 e. The summed E-state index contributed by atoms with van der Waals surface area (Å²) in [6.45, 7) is 0. The predicted molar refractivity (Wildman–Crippen MR) is 229 cm³/mol. The molecule has 2 nitrogen and oxygen atoms in total. The second-order valence-electron chi connectivity index (χ2n) is 13.1. The molecule has 0 saturated heterocycles. The fourth-order valence-electron chi connectivity index (χ4n) is 7.46. The number of para-hydroxylation sites is 1. The summed E-state index contributed by atoms with van der Waals surface area (Å²) in [7, 11) is 0. The van der Waals surface area contributed by atoms with Crippen LogP contribution in [0.1, 0.15) is 13.7 Å². The lowest BCUT2D eigenvalue weighted by Gasteiger charge is -2.26. The topological polar surface area (TPSA) is 8.17 Å². The van der Waals surface area contributed by atoms with E-state index >= 15 is 0 Å². The summed E-state index contributed by atoms with van der Waals surface area (Å²) in [5.41, 5.74) is 8.50. The molecule has 2 heteroatoms. The second-order valence-corrected chi connectivity index (χ2v) is 13.1. The van der Waals surface area contributed by atoms with E-state index in [2.05, 4.69) is 95.6 Å². The van der Waals surface area contributed by atoms with Crippen molar-refractivity contribution < 1.29 is 13.7 Å². The Morgan fingerprint density at radius 1 is 0.389 bits per heavy atom. The van der Waals surface area contributed by atoms with E-state index in [9.17, 15) is 0 Å². The zero-order valence-corrected chi connectivity index (χ0v) is 28.9. The highest BCUT2D eigenvalue weighted by molar-refractivity contribution is 6.16. The van der Waals surface area contributed by atoms with Crippen LogP contribution in [-0.4, -0.2) is 4.57 Å². The van der Waals surface area contributed by atoms with Gasteiger partial charge < -0.3 is 9.47 Å². The Morgan fingerprint density at radius 3 is 1.67 bits per heavy atom. The Hall–Kier alpha value is -7.16. The van der Waals surface area contributed by atoms with Crippen molar-refractivity contribution in [3.05, 3.63) is 218 Å². The predicted octanol–water partition coefficient (Wildman–Crippen LogP) is 14.4. The van der Waals surface area contributed by atoms with Gasteiger partial charge in [-0.25, -0.2) is 0 Å². The molecule has 0 amide bonds. The van der Waals surface area contributed by atoms with Crippen LogP contribution in [0.25, 0.3) is 71.6 Å². The van der Waals surface area contributed by atoms with Crippen molar-refractivity contribution in [1.82, 2.24) is 4.57 Å². The van der Waals surface area contributed by atoms with Gasteiger partial charge in [-0.3, -0.25) is 0 Å². The molecule has 54 heavy (non-hydrogen) atoms. The number of aromatic nitrogens is 1. The first-order chi connectivity index (χ1) is 30.9. The van der Waals surface area contributed by atoms with E-state index in [1.165, 1.54) is 5.39 Å². The van der Waals surface area contributed by atoms with Gasteiger partial charge in [-0.05, 0) is 105 Å². The normalized spacial score (nSPS) is 13.9. The molecule has 9 aromatic carbocycles. The molecule has 254 valence electrons. The van der Waals surface area contributed by atoms with Crippen LogP contribution >= 0.6 is 0 Å². The van der Waals surface area contributed by atoms with E-state index in [0.29, 0.717) is 22.5 Å². The molecule has 0 aliphatic rings. The zero-order chi connectivity index (χ0) is 44.6. The number of benzene rings is 9. The molecule has 10 aromatic rings. The van der Waals surface area contributed by atoms with Gasteiger partial charge in [0.1, 0.15) is 0 Å². The molecule has 1 aromatic heterocycles. The Bertz CT molecular complexity index is 3340. The van der Waals surface area contributed by atoms with Crippen LogP contribution < -0.4 is 4.90 Å². The molecule has 0 bridgehead atoms. The SMILES string of the molecule is [2H]c1c([2H])c([2H])c(-c2ccc(N(c3ccc(-c4c([2H])c([2H])c([2H])c([2H])c4[2H])cc3)c3cccc(-c4cccc5c4c4ccccc4n5-c4ccc5ccccc5c4)c3)cc2)c([2H])c1[2H]. The fraction of sp³-hybridized carbons (Fsp3) is 0. The minimum atomic E-state index is -0.456. The summed E-state index contributed by atoms with van der Waals surface area (Å²) in [5, 5.41) is 4.52. The molecular formula is C52H36N2. The highest BCUT2D eigenvalue weighted by atomic mass is 15.1. The van der Waals surface area contributed by atoms with Gasteiger partial charge in [-0.2, -0.15) is 0 Å². The third kappa shape index (κ3) is 5.62. The van der Waals surface area contributed by atoms with Crippen LogP contribution in [0.4, 0.5) is 17.1 Å². The summed E-state index contributed by atoms with van der Waals surface area (Å²) in [6, 6.07) is 48.4. The number of hydrogen-bond acceptors (Lipinski definition) is 1. The van der Waals surface area contributed by atoms with Gasteiger partial charge in [0.05, 0.1) is 24.7 Å². The lowest BCUT2D eigenvalue weighted by atomic mass is 9.98. The largest absolute Gasteiger partial charge is 0.310 e. The summed E-state index contributed by atoms with van der Waals surface area (Å²) < 4.78 is 85.8. The van der Waals surface area contributed by atoms with Gasteiger partial charge in [0, 0.05) is 33.5 Å². The molecule has 1 heterocycles. The maximum atomic E-state index is 8.59. The molecular weight excluding hydrogens is 653 g/mol. The van der Waals surface area contributed by atoms with Crippen LogP contribution in [-0.2, 0) is 0 Å². The molecule has 10 rings (SSSR count). The van der Waals surface area contributed by atoms with Crippen molar-refractivity contribution in [2.24, 2.45) is 0 Å². The monoisotopic (exact) mass is 698 g/mol. The van der Waals surface area contributed by atoms with Gasteiger partial charge in [0.2, 0.25) is 0 Å². The van der Waals surface area contributed by atoms with Gasteiger partial charge in [0.25, 0.3) is 0 Å². The van der Waals surface area contributed by atoms with E-state index in [1.54, 1.807) is 24.3 Å². The molecule has 0 unspecified atom stereocenters. The summed E-state index contributed by atoms with van der Waals surface area (Å²) >= 11 is 0. The maximum absolute atomic E-state index is 8.59. The van der Waals surface area contributed by atoms with Crippen LogP contribution in [0.3, 0.4) is 0 Å². The van der Waals surface area contributed by atoms with E-state index in [0.717, 1.165) is 49.7 Å². The van der Waals surface area contributed by atoms with Crippen LogP contribution in [0.2, 0.25) is 0 Å². The van der Waals surface area contributed by atoms with Crippen LogP contribution in [0.15, 0.2) is 218 Å². The Morgan fingerprint density at radius 2 is 0.981 bits per heavy atom. The van der Waals surface area contributed by atoms with Crippen molar-refractivity contribution in [2.45, 2.75) is 0 Å². The van der Waals surface area contributed by atoms with E-state index in [4.69, 9.17) is 13.7 Å². The molecule has 0 saturated carbocycles. The highest BCUT2D eigenvalue weighted by Crippen LogP contribution is 2.42. The summed E-state index contributed by atoms with van der Waals surface area (Å²) in [4.78, 5) is 2.03. The Kier molecular flexibility index (Phi) is 5.65. The van der Waals surface area contributed by atoms with E-state index in [-0.39, 0.29) is 35.3 Å². The van der Waals surface area contributed by atoms with Gasteiger partial charge >= 0.3 is 0 Å². The van der Waals surface area contributed by atoms with Gasteiger partial charge in [0.15, 0.2) is 0 Å². The number of nitrogens with zero attached hydrogens (tertiary/aromatic N) is 2. The number of rotatable bonds is 7. The summed E-state index contributed by atoms with van der Waals surface area (Å²) in [5.74, 6) is 0. The highest BCUT2D eigenvalue weighted by Gasteiger charge is 2.18. The van der Waals surface area contributed by atoms with Crippen LogP contribution in [0, 0.1) is 0 Å². The minimum absolute atomic E-state index is 0.102. The first-order valence-corrected chi connectivity index (χ1v) is 17.7. The third-order valence-electron chi connectivity index (χ3n) is 9.93. The van der Waals surface area contributed by atoms with E-state index in [1.807, 2.05) is 47.4 Å². The smallest absolute Gasteiger partial charge is 0.0629 e. The molecule has 0 fully saturated rings. The lowest BCUT2D eigenvalue weighted by molar-refractivity contribution is 1.19. The number of fused-ring (bicyclic) bond motifs is 4. The fourth-order valence-corrected chi connectivity index (χ4v) is 7.46. The van der Waals surface area contributed by atoms with Gasteiger partial charge in [-0.15, -0.1) is 0 Å². The van der Waals surface area contributed by atoms with Crippen molar-refractivity contribution in [3.8, 4) is 39.1 Å². The molecule has 0 aliphatic carbocycles. The zero-order valence-electron chi connectivity index (χ0n) is 38.9. The number of hydrogen-bond donors (Lipinski definition) is 0. The Labute approximate surface area is 329 Å². The molecule has 0 spiro atoms. The first kappa shape index (κ1) is 22.7. The van der Waals surface area contributed by atoms with Crippen LogP contribution in [0.5, 0.6) is 0 Å². The molecule has 0 radical (unpaired) electrons. The quantitative estimate of drug-likeness (QED) is 0.161. The first-order valence-electron chi connectivity index (χ1n) is 22.7. The average Bonchev–Trinajstić information content (AvgIpc) is 3.67. The van der Waals surface area contributed by atoms with Gasteiger partial charge in [-0.1, -0.05) is 157 Å². The maximum Gasteiger partial charge on any atom is 0.0629 e. The lowest BCUT2D eigenvalue weighted by Crippen LogP contribution is -2.10.